The summed E-state index contributed by atoms with van der Waals surface area (Å²) in [7, 11) is 0. The van der Waals surface area contributed by atoms with Gasteiger partial charge in [-0.2, -0.15) is 0 Å². The molecule has 0 amide bonds. The Hall–Kier alpha value is -1.61. The number of halogens is 1. The van der Waals surface area contributed by atoms with Gasteiger partial charge in [0, 0.05) is 11.8 Å². The topological polar surface area (TPSA) is 35.0 Å². The van der Waals surface area contributed by atoms with Crippen LogP contribution in [-0.4, -0.2) is 16.1 Å². The van der Waals surface area contributed by atoms with Crippen LogP contribution in [-0.2, 0) is 0 Å². The summed E-state index contributed by atoms with van der Waals surface area (Å²) in [6.07, 6.45) is 1.83. The van der Waals surface area contributed by atoms with Gasteiger partial charge in [0.1, 0.15) is 5.75 Å². The Labute approximate surface area is 112 Å². The van der Waals surface area contributed by atoms with E-state index in [4.69, 9.17) is 16.3 Å². The average molecular weight is 263 g/mol. The Balaban J connectivity index is 2.53. The predicted molar refractivity (Wildman–Crippen MR) is 73.0 cm³/mol. The van der Waals surface area contributed by atoms with E-state index in [1.165, 1.54) is 0 Å². The number of nitrogens with zero attached hydrogens (tertiary/aromatic N) is 2. The summed E-state index contributed by atoms with van der Waals surface area (Å²) >= 11 is 5.86. The molecule has 1 aromatic heterocycles. The highest BCUT2D eigenvalue weighted by Gasteiger charge is 2.11. The largest absolute Gasteiger partial charge is 0.490 e. The van der Waals surface area contributed by atoms with Gasteiger partial charge in [-0.3, -0.25) is 0 Å². The fraction of sp³-hybridized carbons (Fsp3) is 0.286. The molecular weight excluding hydrogens is 248 g/mol. The van der Waals surface area contributed by atoms with Gasteiger partial charge < -0.3 is 4.74 Å². The van der Waals surface area contributed by atoms with Crippen molar-refractivity contribution in [2.75, 3.05) is 0 Å². The number of ether oxygens (including phenoxy) is 1. The first kappa shape index (κ1) is 12.8. The lowest BCUT2D eigenvalue weighted by molar-refractivity contribution is 0.243. The smallest absolute Gasteiger partial charge is 0.222 e. The quantitative estimate of drug-likeness (QED) is 0.787. The molecule has 0 aliphatic carbocycles. The van der Waals surface area contributed by atoms with Crippen LogP contribution in [0.2, 0.25) is 5.28 Å². The monoisotopic (exact) mass is 262 g/mol. The van der Waals surface area contributed by atoms with Gasteiger partial charge in [-0.15, -0.1) is 0 Å². The molecule has 18 heavy (non-hydrogen) atoms. The third-order valence-corrected chi connectivity index (χ3v) is 2.63. The molecule has 1 aromatic carbocycles. The van der Waals surface area contributed by atoms with Crippen LogP contribution < -0.4 is 4.74 Å². The lowest BCUT2D eigenvalue weighted by Gasteiger charge is -2.14. The number of benzene rings is 1. The SMILES string of the molecule is Cc1cnc(Cl)nc1-c1ccccc1OC(C)C. The first-order valence-corrected chi connectivity index (χ1v) is 6.21. The maximum Gasteiger partial charge on any atom is 0.222 e. The van der Waals surface area contributed by atoms with Crippen LogP contribution in [0.25, 0.3) is 11.3 Å². The molecule has 0 spiro atoms. The molecule has 4 heteroatoms. The molecule has 2 rings (SSSR count). The van der Waals surface area contributed by atoms with Gasteiger partial charge in [-0.1, -0.05) is 12.1 Å². The molecule has 0 saturated heterocycles. The van der Waals surface area contributed by atoms with Crippen molar-refractivity contribution in [3.05, 3.63) is 41.3 Å². The summed E-state index contributed by atoms with van der Waals surface area (Å²) in [5, 5.41) is 0.245. The van der Waals surface area contributed by atoms with E-state index >= 15 is 0 Å². The van der Waals surface area contributed by atoms with E-state index in [0.717, 1.165) is 22.6 Å². The van der Waals surface area contributed by atoms with Gasteiger partial charge in [-0.25, -0.2) is 9.97 Å². The molecule has 2 aromatic rings. The van der Waals surface area contributed by atoms with E-state index in [1.54, 1.807) is 6.20 Å². The van der Waals surface area contributed by atoms with E-state index in [-0.39, 0.29) is 11.4 Å². The lowest BCUT2D eigenvalue weighted by atomic mass is 10.1. The van der Waals surface area contributed by atoms with Crippen molar-refractivity contribution in [3.8, 4) is 17.0 Å². The Morgan fingerprint density at radius 3 is 2.67 bits per heavy atom. The molecule has 0 bridgehead atoms. The fourth-order valence-corrected chi connectivity index (χ4v) is 1.85. The number of rotatable bonds is 3. The summed E-state index contributed by atoms with van der Waals surface area (Å²) in [4.78, 5) is 8.25. The Kier molecular flexibility index (Phi) is 3.82. The summed E-state index contributed by atoms with van der Waals surface area (Å²) in [5.74, 6) is 0.811. The summed E-state index contributed by atoms with van der Waals surface area (Å²) in [6, 6.07) is 7.81. The number of hydrogen-bond acceptors (Lipinski definition) is 3. The van der Waals surface area contributed by atoms with Crippen LogP contribution in [0.1, 0.15) is 19.4 Å². The number of hydrogen-bond donors (Lipinski definition) is 0. The van der Waals surface area contributed by atoms with Crippen LogP contribution in [0, 0.1) is 6.92 Å². The zero-order chi connectivity index (χ0) is 13.1. The van der Waals surface area contributed by atoms with E-state index in [9.17, 15) is 0 Å². The average Bonchev–Trinajstić information content (AvgIpc) is 2.32. The minimum absolute atomic E-state index is 0.115. The number of aromatic nitrogens is 2. The van der Waals surface area contributed by atoms with Gasteiger partial charge in [0.2, 0.25) is 5.28 Å². The summed E-state index contributed by atoms with van der Waals surface area (Å²) < 4.78 is 5.79. The molecule has 0 radical (unpaired) electrons. The zero-order valence-corrected chi connectivity index (χ0v) is 11.4. The number of aryl methyl sites for hydroxylation is 1. The zero-order valence-electron chi connectivity index (χ0n) is 10.6. The Bertz CT molecular complexity index is 555. The van der Waals surface area contributed by atoms with Gasteiger partial charge in [0.15, 0.2) is 0 Å². The van der Waals surface area contributed by atoms with Crippen molar-refractivity contribution in [3.63, 3.8) is 0 Å². The first-order valence-electron chi connectivity index (χ1n) is 5.83. The second-order valence-electron chi connectivity index (χ2n) is 4.33. The molecule has 1 heterocycles. The highest BCUT2D eigenvalue weighted by molar-refractivity contribution is 6.28. The summed E-state index contributed by atoms with van der Waals surface area (Å²) in [5.41, 5.74) is 2.72. The van der Waals surface area contributed by atoms with Crippen molar-refractivity contribution in [1.29, 1.82) is 0 Å². The van der Waals surface area contributed by atoms with E-state index in [0.29, 0.717) is 0 Å². The molecule has 94 valence electrons. The highest BCUT2D eigenvalue weighted by atomic mass is 35.5. The van der Waals surface area contributed by atoms with Crippen LogP contribution in [0.5, 0.6) is 5.75 Å². The first-order chi connectivity index (χ1) is 8.58. The maximum atomic E-state index is 5.86. The lowest BCUT2D eigenvalue weighted by Crippen LogP contribution is -2.07. The van der Waals surface area contributed by atoms with Crippen molar-refractivity contribution in [1.82, 2.24) is 9.97 Å². The van der Waals surface area contributed by atoms with Gasteiger partial charge in [0.05, 0.1) is 11.8 Å². The molecule has 3 nitrogen and oxygen atoms in total. The Morgan fingerprint density at radius 2 is 1.94 bits per heavy atom. The Morgan fingerprint density at radius 1 is 1.22 bits per heavy atom. The maximum absolute atomic E-state index is 5.86. The van der Waals surface area contributed by atoms with Crippen molar-refractivity contribution in [2.45, 2.75) is 26.9 Å². The molecule has 0 atom stereocenters. The van der Waals surface area contributed by atoms with E-state index in [1.807, 2.05) is 45.0 Å². The van der Waals surface area contributed by atoms with Crippen LogP contribution >= 0.6 is 11.6 Å². The van der Waals surface area contributed by atoms with Gasteiger partial charge in [0.25, 0.3) is 0 Å². The fourth-order valence-electron chi connectivity index (χ4n) is 1.71. The molecule has 0 aliphatic rings. The van der Waals surface area contributed by atoms with Crippen molar-refractivity contribution in [2.24, 2.45) is 0 Å². The van der Waals surface area contributed by atoms with Crippen LogP contribution in [0.4, 0.5) is 0 Å². The van der Waals surface area contributed by atoms with Crippen molar-refractivity contribution < 1.29 is 4.74 Å². The van der Waals surface area contributed by atoms with Crippen molar-refractivity contribution >= 4 is 11.6 Å². The summed E-state index contributed by atoms with van der Waals surface area (Å²) in [6.45, 7) is 5.95. The van der Waals surface area contributed by atoms with Crippen LogP contribution in [0.15, 0.2) is 30.5 Å². The molecule has 0 N–H and O–H groups in total. The second-order valence-corrected chi connectivity index (χ2v) is 4.67. The normalized spacial score (nSPS) is 10.7. The molecule has 0 unspecified atom stereocenters. The van der Waals surface area contributed by atoms with Gasteiger partial charge >= 0.3 is 0 Å². The standard InChI is InChI=1S/C14H15ClN2O/c1-9(2)18-12-7-5-4-6-11(12)13-10(3)8-16-14(15)17-13/h4-9H,1-3H3. The predicted octanol–water partition coefficient (Wildman–Crippen LogP) is 3.89. The van der Waals surface area contributed by atoms with Gasteiger partial charge in [-0.05, 0) is 50.1 Å². The second kappa shape index (κ2) is 5.36. The molecule has 0 aliphatic heterocycles. The number of para-hydroxylation sites is 1. The molecular formula is C14H15ClN2O. The van der Waals surface area contributed by atoms with Crippen LogP contribution in [0.3, 0.4) is 0 Å². The third kappa shape index (κ3) is 2.79. The molecule has 0 saturated carbocycles. The van der Waals surface area contributed by atoms with E-state index in [2.05, 4.69) is 9.97 Å². The molecule has 0 fully saturated rings. The highest BCUT2D eigenvalue weighted by Crippen LogP contribution is 2.31. The van der Waals surface area contributed by atoms with E-state index < -0.39 is 0 Å². The minimum Gasteiger partial charge on any atom is -0.490 e. The third-order valence-electron chi connectivity index (χ3n) is 2.45. The minimum atomic E-state index is 0.115.